The van der Waals surface area contributed by atoms with Crippen molar-refractivity contribution in [2.75, 3.05) is 6.61 Å². The van der Waals surface area contributed by atoms with E-state index in [1.807, 2.05) is 24.3 Å². The third kappa shape index (κ3) is 2.91. The molecule has 0 fully saturated rings. The van der Waals surface area contributed by atoms with Crippen LogP contribution in [0.25, 0.3) is 0 Å². The minimum atomic E-state index is -1.15. The van der Waals surface area contributed by atoms with Gasteiger partial charge in [0.15, 0.2) is 0 Å². The number of aliphatic hydroxyl groups excluding tert-OH is 1. The lowest BCUT2D eigenvalue weighted by atomic mass is 10.1. The van der Waals surface area contributed by atoms with Crippen LogP contribution in [0.4, 0.5) is 4.39 Å². The van der Waals surface area contributed by atoms with Gasteiger partial charge in [0.1, 0.15) is 6.17 Å². The molecular formula is C9H10BrFO. The van der Waals surface area contributed by atoms with E-state index in [4.69, 9.17) is 5.11 Å². The Morgan fingerprint density at radius 2 is 2.25 bits per heavy atom. The topological polar surface area (TPSA) is 20.2 Å². The predicted octanol–water partition coefficient (Wildman–Crippen LogP) is 2.32. The van der Waals surface area contributed by atoms with Gasteiger partial charge in [-0.3, -0.25) is 0 Å². The van der Waals surface area contributed by atoms with Gasteiger partial charge in [0.05, 0.1) is 6.61 Å². The third-order valence-electron chi connectivity index (χ3n) is 1.54. The minimum absolute atomic E-state index is 0.274. The van der Waals surface area contributed by atoms with Crippen LogP contribution in [0.3, 0.4) is 0 Å². The maximum atomic E-state index is 12.7. The number of hydrogen-bond donors (Lipinski definition) is 1. The first kappa shape index (κ1) is 9.68. The third-order valence-corrected chi connectivity index (χ3v) is 2.04. The van der Waals surface area contributed by atoms with Gasteiger partial charge in [-0.15, -0.1) is 0 Å². The second kappa shape index (κ2) is 4.58. The molecule has 0 aliphatic rings. The molecule has 0 saturated heterocycles. The molecule has 0 aliphatic heterocycles. The fourth-order valence-corrected chi connectivity index (χ4v) is 1.43. The molecule has 0 aliphatic carbocycles. The largest absolute Gasteiger partial charge is 0.393 e. The lowest BCUT2D eigenvalue weighted by molar-refractivity contribution is 0.177. The lowest BCUT2D eigenvalue weighted by Crippen LogP contribution is -2.09. The van der Waals surface area contributed by atoms with Crippen LogP contribution in [0, 0.1) is 0 Å². The lowest BCUT2D eigenvalue weighted by Gasteiger charge is -2.04. The van der Waals surface area contributed by atoms with Crippen molar-refractivity contribution in [3.05, 3.63) is 34.3 Å². The van der Waals surface area contributed by atoms with Gasteiger partial charge >= 0.3 is 0 Å². The molecule has 12 heavy (non-hydrogen) atoms. The minimum Gasteiger partial charge on any atom is -0.393 e. The number of hydrogen-bond acceptors (Lipinski definition) is 1. The molecule has 1 atom stereocenters. The van der Waals surface area contributed by atoms with Gasteiger partial charge in [0.25, 0.3) is 0 Å². The number of alkyl halides is 1. The second-order valence-electron chi connectivity index (χ2n) is 2.61. The van der Waals surface area contributed by atoms with E-state index in [-0.39, 0.29) is 6.42 Å². The molecule has 1 N–H and O–H groups in total. The number of aliphatic hydroxyl groups is 1. The smallest absolute Gasteiger partial charge is 0.127 e. The van der Waals surface area contributed by atoms with Gasteiger partial charge in [-0.2, -0.15) is 0 Å². The maximum absolute atomic E-state index is 12.7. The van der Waals surface area contributed by atoms with Crippen molar-refractivity contribution in [2.24, 2.45) is 0 Å². The van der Waals surface area contributed by atoms with Gasteiger partial charge in [0.2, 0.25) is 0 Å². The van der Waals surface area contributed by atoms with Crippen LogP contribution in [0.1, 0.15) is 5.56 Å². The Balaban J connectivity index is 2.63. The molecule has 66 valence electrons. The van der Waals surface area contributed by atoms with E-state index in [1.165, 1.54) is 0 Å². The molecule has 0 radical (unpaired) electrons. The first-order valence-electron chi connectivity index (χ1n) is 3.71. The van der Waals surface area contributed by atoms with Crippen molar-refractivity contribution in [2.45, 2.75) is 12.6 Å². The highest BCUT2D eigenvalue weighted by Crippen LogP contribution is 2.13. The Morgan fingerprint density at radius 1 is 1.50 bits per heavy atom. The Hall–Kier alpha value is -0.410. The first-order valence-corrected chi connectivity index (χ1v) is 4.51. The molecule has 0 aromatic heterocycles. The summed E-state index contributed by atoms with van der Waals surface area (Å²) >= 11 is 3.29. The van der Waals surface area contributed by atoms with Crippen LogP contribution >= 0.6 is 15.9 Å². The SMILES string of the molecule is OCC(F)Cc1cccc(Br)c1. The molecule has 0 heterocycles. The summed E-state index contributed by atoms with van der Waals surface area (Å²) in [5.41, 5.74) is 0.894. The molecule has 0 bridgehead atoms. The summed E-state index contributed by atoms with van der Waals surface area (Å²) in [5.74, 6) is 0. The summed E-state index contributed by atoms with van der Waals surface area (Å²) in [5, 5.41) is 8.48. The van der Waals surface area contributed by atoms with Crippen molar-refractivity contribution in [3.63, 3.8) is 0 Å². The Kier molecular flexibility index (Phi) is 3.69. The summed E-state index contributed by atoms with van der Waals surface area (Å²) in [6, 6.07) is 7.43. The summed E-state index contributed by atoms with van der Waals surface area (Å²) in [4.78, 5) is 0. The summed E-state index contributed by atoms with van der Waals surface area (Å²) in [7, 11) is 0. The molecule has 0 spiro atoms. The Bertz CT molecular complexity index is 252. The highest BCUT2D eigenvalue weighted by Gasteiger charge is 2.05. The fraction of sp³-hybridized carbons (Fsp3) is 0.333. The molecular weight excluding hydrogens is 223 g/mol. The van der Waals surface area contributed by atoms with E-state index in [2.05, 4.69) is 15.9 Å². The number of benzene rings is 1. The van der Waals surface area contributed by atoms with Crippen LogP contribution in [0.2, 0.25) is 0 Å². The Morgan fingerprint density at radius 3 is 2.83 bits per heavy atom. The van der Waals surface area contributed by atoms with Crippen molar-refractivity contribution in [3.8, 4) is 0 Å². The maximum Gasteiger partial charge on any atom is 0.127 e. The van der Waals surface area contributed by atoms with Crippen LogP contribution in [0.15, 0.2) is 28.7 Å². The zero-order valence-electron chi connectivity index (χ0n) is 6.50. The quantitative estimate of drug-likeness (QED) is 0.849. The van der Waals surface area contributed by atoms with Gasteiger partial charge in [-0.05, 0) is 17.7 Å². The highest BCUT2D eigenvalue weighted by molar-refractivity contribution is 9.10. The van der Waals surface area contributed by atoms with Gasteiger partial charge in [-0.1, -0.05) is 28.1 Å². The van der Waals surface area contributed by atoms with E-state index in [9.17, 15) is 4.39 Å². The highest BCUT2D eigenvalue weighted by atomic mass is 79.9. The summed E-state index contributed by atoms with van der Waals surface area (Å²) < 4.78 is 13.6. The fourth-order valence-electron chi connectivity index (χ4n) is 0.984. The molecule has 1 rings (SSSR count). The first-order chi connectivity index (χ1) is 5.72. The average Bonchev–Trinajstić information content (AvgIpc) is 2.04. The van der Waals surface area contributed by atoms with Crippen molar-refractivity contribution in [1.29, 1.82) is 0 Å². The van der Waals surface area contributed by atoms with Crippen molar-refractivity contribution < 1.29 is 9.50 Å². The number of halogens is 2. The van der Waals surface area contributed by atoms with Gasteiger partial charge in [0, 0.05) is 10.9 Å². The van der Waals surface area contributed by atoms with E-state index in [1.54, 1.807) is 0 Å². The number of rotatable bonds is 3. The van der Waals surface area contributed by atoms with E-state index in [0.29, 0.717) is 0 Å². The van der Waals surface area contributed by atoms with E-state index >= 15 is 0 Å². The van der Waals surface area contributed by atoms with Crippen molar-refractivity contribution in [1.82, 2.24) is 0 Å². The Labute approximate surface area is 79.4 Å². The average molecular weight is 233 g/mol. The zero-order valence-corrected chi connectivity index (χ0v) is 8.09. The standard InChI is InChI=1S/C9H10BrFO/c10-8-3-1-2-7(4-8)5-9(11)6-12/h1-4,9,12H,5-6H2. The van der Waals surface area contributed by atoms with Crippen LogP contribution in [-0.4, -0.2) is 17.9 Å². The molecule has 0 saturated carbocycles. The van der Waals surface area contributed by atoms with E-state index in [0.717, 1.165) is 10.0 Å². The van der Waals surface area contributed by atoms with Crippen molar-refractivity contribution >= 4 is 15.9 Å². The predicted molar refractivity (Wildman–Crippen MR) is 49.8 cm³/mol. The van der Waals surface area contributed by atoms with Gasteiger partial charge < -0.3 is 5.11 Å². The van der Waals surface area contributed by atoms with Crippen LogP contribution in [-0.2, 0) is 6.42 Å². The summed E-state index contributed by atoms with van der Waals surface area (Å²) in [6.07, 6.45) is -0.880. The molecule has 1 aromatic carbocycles. The van der Waals surface area contributed by atoms with Crippen LogP contribution in [0.5, 0.6) is 0 Å². The summed E-state index contributed by atoms with van der Waals surface area (Å²) in [6.45, 7) is -0.410. The molecule has 1 nitrogen and oxygen atoms in total. The normalized spacial score (nSPS) is 12.9. The zero-order chi connectivity index (χ0) is 8.97. The monoisotopic (exact) mass is 232 g/mol. The second-order valence-corrected chi connectivity index (χ2v) is 3.53. The van der Waals surface area contributed by atoms with E-state index < -0.39 is 12.8 Å². The molecule has 1 aromatic rings. The van der Waals surface area contributed by atoms with Crippen LogP contribution < -0.4 is 0 Å². The molecule has 3 heteroatoms. The van der Waals surface area contributed by atoms with Gasteiger partial charge in [-0.25, -0.2) is 4.39 Å². The molecule has 1 unspecified atom stereocenters. The molecule has 0 amide bonds.